The maximum absolute atomic E-state index is 12.6. The first-order chi connectivity index (χ1) is 15.6. The molecule has 0 unspecified atom stereocenters. The molecule has 0 saturated heterocycles. The van der Waals surface area contributed by atoms with Crippen molar-refractivity contribution in [1.29, 1.82) is 0 Å². The topological polar surface area (TPSA) is 64.4 Å². The Morgan fingerprint density at radius 1 is 1.00 bits per heavy atom. The van der Waals surface area contributed by atoms with Crippen molar-refractivity contribution < 1.29 is 13.9 Å². The summed E-state index contributed by atoms with van der Waals surface area (Å²) >= 11 is 1.72. The van der Waals surface area contributed by atoms with E-state index < -0.39 is 0 Å². The van der Waals surface area contributed by atoms with Gasteiger partial charge in [-0.1, -0.05) is 18.2 Å². The Kier molecular flexibility index (Phi) is 6.92. The minimum Gasteiger partial charge on any atom is -0.494 e. The van der Waals surface area contributed by atoms with Gasteiger partial charge in [-0.2, -0.15) is 0 Å². The van der Waals surface area contributed by atoms with E-state index in [-0.39, 0.29) is 5.91 Å². The van der Waals surface area contributed by atoms with Crippen LogP contribution in [0.4, 0.5) is 5.69 Å². The molecule has 1 N–H and O–H groups in total. The number of aryl methyl sites for hydroxylation is 1. The molecule has 0 spiro atoms. The van der Waals surface area contributed by atoms with Crippen molar-refractivity contribution in [3.63, 3.8) is 0 Å². The van der Waals surface area contributed by atoms with Gasteiger partial charge in [0.1, 0.15) is 11.5 Å². The van der Waals surface area contributed by atoms with E-state index in [4.69, 9.17) is 9.15 Å². The largest absolute Gasteiger partial charge is 0.494 e. The first-order valence-electron chi connectivity index (χ1n) is 10.4. The zero-order chi connectivity index (χ0) is 22.3. The first-order valence-corrected chi connectivity index (χ1v) is 11.4. The summed E-state index contributed by atoms with van der Waals surface area (Å²) in [5.41, 5.74) is 3.03. The van der Waals surface area contributed by atoms with Gasteiger partial charge in [0.25, 0.3) is 5.91 Å². The summed E-state index contributed by atoms with van der Waals surface area (Å²) in [5, 5.41) is 2.90. The predicted molar refractivity (Wildman–Crippen MR) is 128 cm³/mol. The second-order valence-electron chi connectivity index (χ2n) is 7.11. The highest BCUT2D eigenvalue weighted by Crippen LogP contribution is 2.28. The van der Waals surface area contributed by atoms with Gasteiger partial charge in [0.15, 0.2) is 0 Å². The molecule has 0 fully saturated rings. The van der Waals surface area contributed by atoms with Gasteiger partial charge < -0.3 is 14.5 Å². The molecule has 0 radical (unpaired) electrons. The quantitative estimate of drug-likeness (QED) is 0.310. The summed E-state index contributed by atoms with van der Waals surface area (Å²) in [4.78, 5) is 18.4. The molecule has 1 heterocycles. The number of amides is 1. The Labute approximate surface area is 191 Å². The molecule has 0 aliphatic rings. The molecule has 1 amide bonds. The maximum Gasteiger partial charge on any atom is 0.255 e. The van der Waals surface area contributed by atoms with Gasteiger partial charge in [-0.15, -0.1) is 11.8 Å². The second-order valence-corrected chi connectivity index (χ2v) is 8.16. The summed E-state index contributed by atoms with van der Waals surface area (Å²) < 4.78 is 11.3. The van der Waals surface area contributed by atoms with Crippen LogP contribution < -0.4 is 10.1 Å². The molecule has 0 bridgehead atoms. The summed E-state index contributed by atoms with van der Waals surface area (Å²) in [7, 11) is 0. The molecule has 0 saturated carbocycles. The number of nitrogens with one attached hydrogen (secondary N) is 1. The Morgan fingerprint density at radius 2 is 1.72 bits per heavy atom. The van der Waals surface area contributed by atoms with Gasteiger partial charge in [-0.3, -0.25) is 4.79 Å². The third-order valence-corrected chi connectivity index (χ3v) is 5.85. The van der Waals surface area contributed by atoms with E-state index >= 15 is 0 Å². The average Bonchev–Trinajstić information content (AvgIpc) is 3.20. The minimum atomic E-state index is -0.177. The van der Waals surface area contributed by atoms with Crippen LogP contribution in [0.15, 0.2) is 88.2 Å². The van der Waals surface area contributed by atoms with E-state index in [1.807, 2.05) is 68.4 Å². The van der Waals surface area contributed by atoms with Crippen molar-refractivity contribution in [2.45, 2.75) is 24.5 Å². The number of carbonyl (C=O) groups excluding carboxylic acids is 1. The molecule has 0 aliphatic carbocycles. The average molecular weight is 445 g/mol. The number of benzene rings is 3. The van der Waals surface area contributed by atoms with Crippen molar-refractivity contribution in [2.24, 2.45) is 0 Å². The monoisotopic (exact) mass is 444 g/mol. The summed E-state index contributed by atoms with van der Waals surface area (Å²) in [6.07, 6.45) is 0. The van der Waals surface area contributed by atoms with Gasteiger partial charge in [0, 0.05) is 27.5 Å². The number of aromatic nitrogens is 1. The first kappa shape index (κ1) is 21.7. The highest BCUT2D eigenvalue weighted by atomic mass is 32.2. The summed E-state index contributed by atoms with van der Waals surface area (Å²) in [6, 6.07) is 24.8. The lowest BCUT2D eigenvalue weighted by atomic mass is 10.1. The molecule has 4 aromatic rings. The van der Waals surface area contributed by atoms with Crippen LogP contribution in [0, 0.1) is 6.92 Å². The molecule has 4 rings (SSSR count). The van der Waals surface area contributed by atoms with Gasteiger partial charge in [-0.05, 0) is 74.5 Å². The number of hydrogen-bond acceptors (Lipinski definition) is 5. The normalized spacial score (nSPS) is 10.7. The molecular formula is C26H24N2O3S. The van der Waals surface area contributed by atoms with Crippen molar-refractivity contribution in [1.82, 2.24) is 4.98 Å². The number of thioether (sulfide) groups is 1. The van der Waals surface area contributed by atoms with E-state index in [9.17, 15) is 4.79 Å². The Balaban J connectivity index is 1.40. The summed E-state index contributed by atoms with van der Waals surface area (Å²) in [6.45, 7) is 4.47. The van der Waals surface area contributed by atoms with Crippen LogP contribution in [0.25, 0.3) is 11.5 Å². The third-order valence-electron chi connectivity index (χ3n) is 4.83. The van der Waals surface area contributed by atoms with Crippen molar-refractivity contribution in [2.75, 3.05) is 11.9 Å². The Bertz CT molecular complexity index is 1170. The molecule has 6 heteroatoms. The molecular weight excluding hydrogens is 420 g/mol. The second kappa shape index (κ2) is 10.2. The van der Waals surface area contributed by atoms with Crippen LogP contribution in [0.5, 0.6) is 5.75 Å². The lowest BCUT2D eigenvalue weighted by molar-refractivity contribution is 0.102. The molecule has 0 aliphatic heterocycles. The van der Waals surface area contributed by atoms with Gasteiger partial charge >= 0.3 is 0 Å². The summed E-state index contributed by atoms with van der Waals surface area (Å²) in [5.74, 6) is 2.70. The smallest absolute Gasteiger partial charge is 0.255 e. The SMILES string of the molecule is CCOc1ccc(NC(=O)c2ccc(-c3nc(CSc4ccccc4)c(C)o3)cc2)cc1. The van der Waals surface area contributed by atoms with E-state index in [0.717, 1.165) is 28.5 Å². The number of oxazole rings is 1. The molecule has 32 heavy (non-hydrogen) atoms. The van der Waals surface area contributed by atoms with E-state index in [1.165, 1.54) is 4.90 Å². The number of rotatable bonds is 8. The number of anilines is 1. The number of nitrogens with zero attached hydrogens (tertiary/aromatic N) is 1. The van der Waals surface area contributed by atoms with Crippen LogP contribution >= 0.6 is 11.8 Å². The minimum absolute atomic E-state index is 0.177. The Hall–Kier alpha value is -3.51. The van der Waals surface area contributed by atoms with Gasteiger partial charge in [-0.25, -0.2) is 4.98 Å². The molecule has 5 nitrogen and oxygen atoms in total. The van der Waals surface area contributed by atoms with Crippen molar-refractivity contribution in [3.05, 3.63) is 95.9 Å². The lowest BCUT2D eigenvalue weighted by Crippen LogP contribution is -2.11. The van der Waals surface area contributed by atoms with E-state index in [1.54, 1.807) is 23.9 Å². The highest BCUT2D eigenvalue weighted by molar-refractivity contribution is 7.98. The van der Waals surface area contributed by atoms with Crippen LogP contribution in [-0.2, 0) is 5.75 Å². The molecule has 0 atom stereocenters. The van der Waals surface area contributed by atoms with Crippen LogP contribution in [0.3, 0.4) is 0 Å². The lowest BCUT2D eigenvalue weighted by Gasteiger charge is -2.07. The molecule has 1 aromatic heterocycles. The van der Waals surface area contributed by atoms with Crippen molar-refractivity contribution in [3.8, 4) is 17.2 Å². The van der Waals surface area contributed by atoms with Gasteiger partial charge in [0.2, 0.25) is 5.89 Å². The van der Waals surface area contributed by atoms with Crippen LogP contribution in [0.2, 0.25) is 0 Å². The van der Waals surface area contributed by atoms with Crippen LogP contribution in [0.1, 0.15) is 28.7 Å². The standard InChI is InChI=1S/C26H24N2O3S/c1-3-30-22-15-13-21(14-16-22)27-25(29)19-9-11-20(12-10-19)26-28-24(18(2)31-26)17-32-23-7-5-4-6-8-23/h4-16H,3,17H2,1-2H3,(H,27,29). The predicted octanol–water partition coefficient (Wildman–Crippen LogP) is 6.59. The zero-order valence-corrected chi connectivity index (χ0v) is 18.8. The van der Waals surface area contributed by atoms with E-state index in [2.05, 4.69) is 22.4 Å². The fourth-order valence-electron chi connectivity index (χ4n) is 3.12. The molecule has 162 valence electrons. The van der Waals surface area contributed by atoms with Gasteiger partial charge in [0.05, 0.1) is 12.3 Å². The molecule has 3 aromatic carbocycles. The fourth-order valence-corrected chi connectivity index (χ4v) is 4.04. The third kappa shape index (κ3) is 5.39. The Morgan fingerprint density at radius 3 is 2.41 bits per heavy atom. The number of carbonyl (C=O) groups is 1. The highest BCUT2D eigenvalue weighted by Gasteiger charge is 2.13. The maximum atomic E-state index is 12.6. The van der Waals surface area contributed by atoms with E-state index in [0.29, 0.717) is 23.7 Å². The fraction of sp³-hybridized carbons (Fsp3) is 0.154. The number of ether oxygens (including phenoxy) is 1. The number of hydrogen-bond donors (Lipinski definition) is 1. The van der Waals surface area contributed by atoms with Crippen molar-refractivity contribution >= 4 is 23.4 Å². The van der Waals surface area contributed by atoms with Crippen LogP contribution in [-0.4, -0.2) is 17.5 Å². The zero-order valence-electron chi connectivity index (χ0n) is 18.0.